The third-order valence-electron chi connectivity index (χ3n) is 14.5. The average molecular weight is 591 g/mol. The van der Waals surface area contributed by atoms with Gasteiger partial charge in [-0.15, -0.1) is 12.8 Å². The number of benzene rings is 2. The van der Waals surface area contributed by atoms with E-state index < -0.39 is 11.2 Å². The summed E-state index contributed by atoms with van der Waals surface area (Å²) < 4.78 is 6.47. The number of phenolic OH excluding ortho intramolecular Hbond substituents is 1. The van der Waals surface area contributed by atoms with Crippen molar-refractivity contribution in [3.8, 4) is 41.9 Å². The molecule has 0 aromatic heterocycles. The first-order chi connectivity index (χ1) is 21.0. The average Bonchev–Trinajstić information content (AvgIpc) is 3.46. The van der Waals surface area contributed by atoms with Gasteiger partial charge in [-0.1, -0.05) is 31.8 Å². The minimum absolute atomic E-state index is 0.191. The number of fused-ring (bicyclic) bond motifs is 10. The lowest BCUT2D eigenvalue weighted by Gasteiger charge is -2.52. The maximum Gasteiger partial charge on any atom is 0.169 e. The number of phenols is 1. The van der Waals surface area contributed by atoms with Crippen molar-refractivity contribution in [1.82, 2.24) is 0 Å². The summed E-state index contributed by atoms with van der Waals surface area (Å²) in [6, 6.07) is 10.6. The number of ether oxygens (including phenoxy) is 1. The molecule has 2 aromatic carbocycles. The molecular formula is C40H46O4. The highest BCUT2D eigenvalue weighted by Gasteiger charge is 2.62. The van der Waals surface area contributed by atoms with Crippen molar-refractivity contribution in [2.75, 3.05) is 0 Å². The fraction of sp³-hybridized carbons (Fsp3) is 0.600. The van der Waals surface area contributed by atoms with Gasteiger partial charge in [0.15, 0.2) is 11.5 Å². The summed E-state index contributed by atoms with van der Waals surface area (Å²) in [6.07, 6.45) is 23.2. The molecule has 10 atom stereocenters. The lowest BCUT2D eigenvalue weighted by molar-refractivity contribution is -0.0647. The summed E-state index contributed by atoms with van der Waals surface area (Å²) in [5, 5.41) is 33.6. The van der Waals surface area contributed by atoms with Crippen LogP contribution in [0.2, 0.25) is 0 Å². The van der Waals surface area contributed by atoms with Crippen molar-refractivity contribution < 1.29 is 20.1 Å². The number of aliphatic hydroxyl groups is 2. The highest BCUT2D eigenvalue weighted by Crippen LogP contribution is 2.66. The predicted molar refractivity (Wildman–Crippen MR) is 171 cm³/mol. The van der Waals surface area contributed by atoms with Gasteiger partial charge in [-0.05, 0) is 159 Å². The van der Waals surface area contributed by atoms with Gasteiger partial charge in [-0.2, -0.15) is 0 Å². The van der Waals surface area contributed by atoms with Crippen molar-refractivity contribution in [3.63, 3.8) is 0 Å². The van der Waals surface area contributed by atoms with Gasteiger partial charge in [-0.3, -0.25) is 0 Å². The van der Waals surface area contributed by atoms with Crippen LogP contribution in [0.15, 0.2) is 30.3 Å². The van der Waals surface area contributed by atoms with Crippen molar-refractivity contribution >= 4 is 0 Å². The molecule has 0 radical (unpaired) electrons. The van der Waals surface area contributed by atoms with Crippen LogP contribution in [-0.4, -0.2) is 26.5 Å². The molecule has 6 aliphatic carbocycles. The van der Waals surface area contributed by atoms with E-state index >= 15 is 0 Å². The van der Waals surface area contributed by atoms with E-state index in [0.717, 1.165) is 70.0 Å². The summed E-state index contributed by atoms with van der Waals surface area (Å²) >= 11 is 0. The number of hydrogen-bond acceptors (Lipinski definition) is 4. The zero-order valence-electron chi connectivity index (χ0n) is 26.2. The fourth-order valence-corrected chi connectivity index (χ4v) is 11.9. The lowest BCUT2D eigenvalue weighted by atomic mass is 9.53. The Morgan fingerprint density at radius 2 is 1.25 bits per heavy atom. The van der Waals surface area contributed by atoms with Crippen LogP contribution in [0.25, 0.3) is 0 Å². The van der Waals surface area contributed by atoms with Crippen LogP contribution in [0.3, 0.4) is 0 Å². The molecule has 0 amide bonds. The second-order valence-corrected chi connectivity index (χ2v) is 15.8. The molecule has 44 heavy (non-hydrogen) atoms. The van der Waals surface area contributed by atoms with Crippen molar-refractivity contribution in [2.24, 2.45) is 34.5 Å². The molecule has 2 aromatic rings. The van der Waals surface area contributed by atoms with Crippen LogP contribution >= 0.6 is 0 Å². The molecule has 4 nitrogen and oxygen atoms in total. The Labute approximate surface area is 262 Å². The molecule has 4 heteroatoms. The molecule has 0 spiro atoms. The van der Waals surface area contributed by atoms with Gasteiger partial charge in [0, 0.05) is 10.8 Å². The smallest absolute Gasteiger partial charge is 0.169 e. The molecule has 230 valence electrons. The summed E-state index contributed by atoms with van der Waals surface area (Å²) in [4.78, 5) is 0. The van der Waals surface area contributed by atoms with Crippen LogP contribution in [0.4, 0.5) is 0 Å². The van der Waals surface area contributed by atoms with E-state index in [1.54, 1.807) is 0 Å². The fourth-order valence-electron chi connectivity index (χ4n) is 11.9. The minimum atomic E-state index is -1.00. The lowest BCUT2D eigenvalue weighted by Crippen LogP contribution is -2.50. The van der Waals surface area contributed by atoms with Gasteiger partial charge in [-0.25, -0.2) is 0 Å². The summed E-state index contributed by atoms with van der Waals surface area (Å²) in [7, 11) is 0. The normalized spacial score (nSPS) is 43.2. The molecule has 6 aliphatic rings. The molecule has 4 saturated carbocycles. The van der Waals surface area contributed by atoms with Crippen LogP contribution in [0, 0.1) is 59.2 Å². The van der Waals surface area contributed by atoms with E-state index in [1.807, 2.05) is 6.07 Å². The van der Waals surface area contributed by atoms with E-state index in [9.17, 15) is 15.3 Å². The molecule has 0 bridgehead atoms. The van der Waals surface area contributed by atoms with E-state index in [0.29, 0.717) is 54.1 Å². The van der Waals surface area contributed by atoms with Crippen molar-refractivity contribution in [2.45, 2.75) is 114 Å². The molecule has 0 aliphatic heterocycles. The van der Waals surface area contributed by atoms with E-state index in [2.05, 4.69) is 50.0 Å². The SMILES string of the molecule is C#C[C@]1(O)CC[C@H]2[C@@H]3CCc4cc(Oc5cc6c(cc5O)CC[C@@H]5[C@@H]6CC[C@@]6(C)[C@H]5CC[C@@]6(O)C#C)ccc4[C@H]3CC[C@@]21C. The number of terminal acetylenes is 2. The highest BCUT2D eigenvalue weighted by atomic mass is 16.5. The Bertz CT molecular complexity index is 1610. The predicted octanol–water partition coefficient (Wildman–Crippen LogP) is 7.63. The van der Waals surface area contributed by atoms with E-state index in [-0.39, 0.29) is 16.6 Å². The van der Waals surface area contributed by atoms with Gasteiger partial charge in [0.25, 0.3) is 0 Å². The van der Waals surface area contributed by atoms with Gasteiger partial charge in [0.05, 0.1) is 0 Å². The number of aryl methyl sites for hydroxylation is 2. The molecule has 0 unspecified atom stereocenters. The molecule has 0 heterocycles. The quantitative estimate of drug-likeness (QED) is 0.315. The van der Waals surface area contributed by atoms with E-state index in [1.165, 1.54) is 22.3 Å². The van der Waals surface area contributed by atoms with Gasteiger partial charge in [0.1, 0.15) is 17.0 Å². The molecular weight excluding hydrogens is 544 g/mol. The maximum absolute atomic E-state index is 11.3. The summed E-state index contributed by atoms with van der Waals surface area (Å²) in [5.74, 6) is 9.91. The zero-order chi connectivity index (χ0) is 30.6. The Morgan fingerprint density at radius 3 is 1.82 bits per heavy atom. The van der Waals surface area contributed by atoms with Crippen LogP contribution in [-0.2, 0) is 12.8 Å². The third-order valence-corrected chi connectivity index (χ3v) is 14.5. The standard InChI is InChI=1S/C40H46O4/c1-5-39(42)19-15-33-30-10-7-24-21-26(9-12-27(24)28(30)13-17-37(33,39)3)44-36-23-32-25(22-35(36)41)8-11-31-29(32)14-18-38(4)34(31)16-20-40(38,43)6-2/h1-2,9,12,21-23,28-31,33-34,41-43H,7-8,10-11,13-20H2,3-4H3/t28-,29+,30-,31-,33+,34+,37+,38+,39+,40+/m1/s1. The molecule has 3 N–H and O–H groups in total. The largest absolute Gasteiger partial charge is 0.504 e. The Morgan fingerprint density at radius 1 is 0.705 bits per heavy atom. The Hall–Kier alpha value is -2.92. The first kappa shape index (κ1) is 28.5. The first-order valence-electron chi connectivity index (χ1n) is 17.1. The van der Waals surface area contributed by atoms with Crippen LogP contribution in [0.5, 0.6) is 17.2 Å². The third kappa shape index (κ3) is 3.68. The number of aromatic hydroxyl groups is 1. The second kappa shape index (κ2) is 9.55. The van der Waals surface area contributed by atoms with E-state index in [4.69, 9.17) is 17.6 Å². The van der Waals surface area contributed by atoms with Crippen molar-refractivity contribution in [3.05, 3.63) is 52.6 Å². The molecule has 8 rings (SSSR count). The first-order valence-corrected chi connectivity index (χ1v) is 17.1. The number of rotatable bonds is 2. The topological polar surface area (TPSA) is 69.9 Å². The summed E-state index contributed by atoms with van der Waals surface area (Å²) in [6.45, 7) is 4.45. The van der Waals surface area contributed by atoms with Gasteiger partial charge < -0.3 is 20.1 Å². The maximum atomic E-state index is 11.3. The molecule has 0 saturated heterocycles. The van der Waals surface area contributed by atoms with Gasteiger partial charge in [0.2, 0.25) is 0 Å². The van der Waals surface area contributed by atoms with Crippen LogP contribution < -0.4 is 4.74 Å². The number of hydrogen-bond donors (Lipinski definition) is 3. The van der Waals surface area contributed by atoms with Gasteiger partial charge >= 0.3 is 0 Å². The Kier molecular flexibility index (Phi) is 6.19. The Balaban J connectivity index is 1.04. The highest BCUT2D eigenvalue weighted by molar-refractivity contribution is 5.52. The zero-order valence-corrected chi connectivity index (χ0v) is 26.2. The van der Waals surface area contributed by atoms with Crippen LogP contribution in [0.1, 0.15) is 112 Å². The van der Waals surface area contributed by atoms with Crippen molar-refractivity contribution in [1.29, 1.82) is 0 Å². The second-order valence-electron chi connectivity index (χ2n) is 15.8. The monoisotopic (exact) mass is 590 g/mol. The molecule has 4 fully saturated rings. The summed E-state index contributed by atoms with van der Waals surface area (Å²) in [5.41, 5.74) is 2.92. The minimum Gasteiger partial charge on any atom is -0.504 e.